The lowest BCUT2D eigenvalue weighted by Gasteiger charge is -2.16. The second-order valence-electron chi connectivity index (χ2n) is 4.44. The van der Waals surface area contributed by atoms with Crippen LogP contribution in [0.4, 0.5) is 13.2 Å². The van der Waals surface area contributed by atoms with Crippen LogP contribution in [-0.2, 0) is 10.9 Å². The summed E-state index contributed by atoms with van der Waals surface area (Å²) < 4.78 is 42.3. The molecule has 1 saturated heterocycles. The Morgan fingerprint density at radius 2 is 1.75 bits per heavy atom. The molecule has 1 aliphatic rings. The molecule has 16 heavy (non-hydrogen) atoms. The summed E-state index contributed by atoms with van der Waals surface area (Å²) in [6, 6.07) is 5.30. The molecular formula is C12H13F3O. The smallest absolute Gasteiger partial charge is 0.369 e. The second-order valence-corrected chi connectivity index (χ2v) is 4.44. The van der Waals surface area contributed by atoms with Crippen molar-refractivity contribution in [2.75, 3.05) is 6.61 Å². The van der Waals surface area contributed by atoms with Crippen molar-refractivity contribution in [3.8, 4) is 0 Å². The molecule has 1 aromatic rings. The Hall–Kier alpha value is -1.03. The maximum absolute atomic E-state index is 12.3. The Morgan fingerprint density at radius 1 is 1.25 bits per heavy atom. The molecule has 0 radical (unpaired) electrons. The van der Waals surface area contributed by atoms with Gasteiger partial charge in [-0.3, -0.25) is 0 Å². The molecule has 2 rings (SSSR count). The van der Waals surface area contributed by atoms with Gasteiger partial charge in [0, 0.05) is 5.92 Å². The van der Waals surface area contributed by atoms with Crippen molar-refractivity contribution in [1.82, 2.24) is 0 Å². The van der Waals surface area contributed by atoms with Crippen molar-refractivity contribution in [2.45, 2.75) is 31.5 Å². The molecule has 0 amide bonds. The van der Waals surface area contributed by atoms with Crippen LogP contribution in [0.5, 0.6) is 0 Å². The first-order valence-corrected chi connectivity index (χ1v) is 5.14. The minimum atomic E-state index is -4.26. The molecule has 0 spiro atoms. The maximum atomic E-state index is 12.3. The zero-order valence-electron chi connectivity index (χ0n) is 9.14. The lowest BCUT2D eigenvalue weighted by atomic mass is 9.89. The fourth-order valence-corrected chi connectivity index (χ4v) is 1.68. The summed E-state index contributed by atoms with van der Waals surface area (Å²) in [7, 11) is 0. The van der Waals surface area contributed by atoms with Crippen molar-refractivity contribution < 1.29 is 17.9 Å². The van der Waals surface area contributed by atoms with Gasteiger partial charge in [-0.05, 0) is 24.6 Å². The Morgan fingerprint density at radius 3 is 2.12 bits per heavy atom. The van der Waals surface area contributed by atoms with Crippen LogP contribution in [0, 0.1) is 0 Å². The van der Waals surface area contributed by atoms with E-state index in [1.165, 1.54) is 12.1 Å². The highest BCUT2D eigenvalue weighted by Crippen LogP contribution is 2.41. The van der Waals surface area contributed by atoms with E-state index in [0.29, 0.717) is 6.61 Å². The zero-order valence-corrected chi connectivity index (χ0v) is 9.14. The number of hydrogen-bond acceptors (Lipinski definition) is 1. The third kappa shape index (κ3) is 2.07. The van der Waals surface area contributed by atoms with E-state index in [9.17, 15) is 13.2 Å². The van der Waals surface area contributed by atoms with Crippen molar-refractivity contribution in [3.63, 3.8) is 0 Å². The molecule has 0 saturated carbocycles. The predicted molar refractivity (Wildman–Crippen MR) is 54.2 cm³/mol. The highest BCUT2D eigenvalue weighted by molar-refractivity contribution is 5.29. The molecule has 1 heterocycles. The van der Waals surface area contributed by atoms with Gasteiger partial charge in [-0.15, -0.1) is 0 Å². The van der Waals surface area contributed by atoms with Crippen molar-refractivity contribution in [2.24, 2.45) is 0 Å². The fourth-order valence-electron chi connectivity index (χ4n) is 1.68. The number of alkyl halides is 3. The lowest BCUT2D eigenvalue weighted by Crippen LogP contribution is -2.15. The molecule has 0 N–H and O–H groups in total. The SMILES string of the molecule is CC(c1ccc(C(F)(F)F)cc1)C1(C)CO1. The quantitative estimate of drug-likeness (QED) is 0.707. The van der Waals surface area contributed by atoms with Gasteiger partial charge in [0.25, 0.3) is 0 Å². The molecule has 4 heteroatoms. The van der Waals surface area contributed by atoms with Crippen LogP contribution in [0.1, 0.15) is 30.9 Å². The summed E-state index contributed by atoms with van der Waals surface area (Å²) in [5.74, 6) is 0.120. The molecule has 0 aliphatic carbocycles. The highest BCUT2D eigenvalue weighted by atomic mass is 19.4. The van der Waals surface area contributed by atoms with E-state index >= 15 is 0 Å². The summed E-state index contributed by atoms with van der Waals surface area (Å²) in [5, 5.41) is 0. The first-order valence-electron chi connectivity index (χ1n) is 5.14. The Kier molecular flexibility index (Phi) is 2.49. The van der Waals surface area contributed by atoms with E-state index in [1.807, 2.05) is 13.8 Å². The number of epoxide rings is 1. The van der Waals surface area contributed by atoms with Crippen molar-refractivity contribution in [3.05, 3.63) is 35.4 Å². The number of hydrogen-bond donors (Lipinski definition) is 0. The van der Waals surface area contributed by atoms with Gasteiger partial charge in [-0.2, -0.15) is 13.2 Å². The summed E-state index contributed by atoms with van der Waals surface area (Å²) in [6.45, 7) is 4.61. The number of rotatable bonds is 2. The average molecular weight is 230 g/mol. The Balaban J connectivity index is 2.19. The van der Waals surface area contributed by atoms with Crippen molar-refractivity contribution >= 4 is 0 Å². The Labute approximate surface area is 92.2 Å². The number of benzene rings is 1. The van der Waals surface area contributed by atoms with Gasteiger partial charge in [-0.25, -0.2) is 0 Å². The van der Waals surface area contributed by atoms with E-state index in [2.05, 4.69) is 0 Å². The molecule has 1 nitrogen and oxygen atoms in total. The van der Waals surface area contributed by atoms with E-state index in [1.54, 1.807) is 0 Å². The standard InChI is InChI=1S/C12H13F3O/c1-8(11(2)7-16-11)9-3-5-10(6-4-9)12(13,14)15/h3-6,8H,7H2,1-2H3. The van der Waals surface area contributed by atoms with Crippen LogP contribution < -0.4 is 0 Å². The first kappa shape index (κ1) is 11.5. The second kappa shape index (κ2) is 3.48. The summed E-state index contributed by atoms with van der Waals surface area (Å²) in [5.41, 5.74) is 0.0815. The van der Waals surface area contributed by atoms with Crippen LogP contribution in [0.2, 0.25) is 0 Å². The van der Waals surface area contributed by atoms with Crippen LogP contribution >= 0.6 is 0 Å². The number of ether oxygens (including phenoxy) is 1. The van der Waals surface area contributed by atoms with Crippen LogP contribution in [0.25, 0.3) is 0 Å². The lowest BCUT2D eigenvalue weighted by molar-refractivity contribution is -0.137. The van der Waals surface area contributed by atoms with Crippen LogP contribution in [-0.4, -0.2) is 12.2 Å². The van der Waals surface area contributed by atoms with E-state index < -0.39 is 11.7 Å². The summed E-state index contributed by atoms with van der Waals surface area (Å²) in [4.78, 5) is 0. The van der Waals surface area contributed by atoms with E-state index in [0.717, 1.165) is 17.7 Å². The Bertz CT molecular complexity index is 376. The van der Waals surface area contributed by atoms with Crippen molar-refractivity contribution in [1.29, 1.82) is 0 Å². The van der Waals surface area contributed by atoms with Crippen LogP contribution in [0.15, 0.2) is 24.3 Å². The molecule has 1 fully saturated rings. The van der Waals surface area contributed by atoms with Gasteiger partial charge in [0.05, 0.1) is 17.8 Å². The minimum Gasteiger partial charge on any atom is -0.369 e. The summed E-state index contributed by atoms with van der Waals surface area (Å²) >= 11 is 0. The predicted octanol–water partition coefficient (Wildman–Crippen LogP) is 3.60. The molecule has 88 valence electrons. The largest absolute Gasteiger partial charge is 0.416 e. The average Bonchev–Trinajstić information content (AvgIpc) is 2.96. The molecule has 1 aromatic carbocycles. The third-order valence-electron chi connectivity index (χ3n) is 3.25. The normalized spacial score (nSPS) is 26.6. The van der Waals surface area contributed by atoms with Gasteiger partial charge in [0.1, 0.15) is 0 Å². The third-order valence-corrected chi connectivity index (χ3v) is 3.25. The molecule has 0 aromatic heterocycles. The zero-order chi connectivity index (χ0) is 12.0. The molecular weight excluding hydrogens is 217 g/mol. The fraction of sp³-hybridized carbons (Fsp3) is 0.500. The van der Waals surface area contributed by atoms with E-state index in [-0.39, 0.29) is 11.5 Å². The van der Waals surface area contributed by atoms with Crippen LogP contribution in [0.3, 0.4) is 0 Å². The van der Waals surface area contributed by atoms with Gasteiger partial charge >= 0.3 is 6.18 Å². The van der Waals surface area contributed by atoms with Gasteiger partial charge in [0.15, 0.2) is 0 Å². The van der Waals surface area contributed by atoms with Gasteiger partial charge < -0.3 is 4.74 Å². The number of halogens is 3. The topological polar surface area (TPSA) is 12.5 Å². The van der Waals surface area contributed by atoms with E-state index in [4.69, 9.17) is 4.74 Å². The molecule has 0 bridgehead atoms. The monoisotopic (exact) mass is 230 g/mol. The first-order chi connectivity index (χ1) is 7.33. The highest BCUT2D eigenvalue weighted by Gasteiger charge is 2.45. The van der Waals surface area contributed by atoms with Gasteiger partial charge in [0.2, 0.25) is 0 Å². The summed E-state index contributed by atoms with van der Waals surface area (Å²) in [6.07, 6.45) is -4.26. The van der Waals surface area contributed by atoms with Gasteiger partial charge in [-0.1, -0.05) is 19.1 Å². The maximum Gasteiger partial charge on any atom is 0.416 e. The molecule has 2 atom stereocenters. The minimum absolute atomic E-state index is 0.120. The molecule has 2 unspecified atom stereocenters. The molecule has 1 aliphatic heterocycles.